The normalized spacial score (nSPS) is 15.1. The average molecular weight is 453 g/mol. The molecule has 0 saturated heterocycles. The van der Waals surface area contributed by atoms with E-state index in [4.69, 9.17) is 4.74 Å². The summed E-state index contributed by atoms with van der Waals surface area (Å²) in [6.07, 6.45) is 2.24. The van der Waals surface area contributed by atoms with Gasteiger partial charge in [-0.05, 0) is 78.0 Å². The zero-order valence-electron chi connectivity index (χ0n) is 15.0. The molecule has 0 spiro atoms. The molecule has 0 heterocycles. The maximum Gasteiger partial charge on any atom is 0.261 e. The number of nitrogens with one attached hydrogen (secondary N) is 2. The maximum atomic E-state index is 12.7. The van der Waals surface area contributed by atoms with E-state index in [2.05, 4.69) is 26.0 Å². The molecular formula is C19H21BrN2O4S. The lowest BCUT2D eigenvalue weighted by Crippen LogP contribution is -2.34. The maximum absolute atomic E-state index is 12.7. The second kappa shape index (κ2) is 7.90. The average Bonchev–Trinajstić information content (AvgIpc) is 3.47. The summed E-state index contributed by atoms with van der Waals surface area (Å²) >= 11 is 3.33. The van der Waals surface area contributed by atoms with Crippen LogP contribution in [0.1, 0.15) is 30.1 Å². The van der Waals surface area contributed by atoms with E-state index in [1.165, 1.54) is 19.2 Å². The highest BCUT2D eigenvalue weighted by Crippen LogP contribution is 2.32. The van der Waals surface area contributed by atoms with E-state index in [9.17, 15) is 13.2 Å². The van der Waals surface area contributed by atoms with Gasteiger partial charge in [0.05, 0.1) is 22.2 Å². The Balaban J connectivity index is 1.78. The molecule has 3 rings (SSSR count). The van der Waals surface area contributed by atoms with Crippen LogP contribution in [0.25, 0.3) is 0 Å². The van der Waals surface area contributed by atoms with Crippen molar-refractivity contribution in [2.75, 3.05) is 11.8 Å². The number of carbonyl (C=O) groups excluding carboxylic acids is 1. The Morgan fingerprint density at radius 2 is 1.96 bits per heavy atom. The Morgan fingerprint density at radius 3 is 2.59 bits per heavy atom. The molecule has 1 aliphatic rings. The van der Waals surface area contributed by atoms with Crippen molar-refractivity contribution in [3.05, 3.63) is 52.5 Å². The van der Waals surface area contributed by atoms with E-state index < -0.39 is 10.0 Å². The van der Waals surface area contributed by atoms with Gasteiger partial charge in [-0.1, -0.05) is 6.07 Å². The summed E-state index contributed by atoms with van der Waals surface area (Å²) in [5.41, 5.74) is 0.709. The van der Waals surface area contributed by atoms with Crippen LogP contribution in [0.3, 0.4) is 0 Å². The lowest BCUT2D eigenvalue weighted by Gasteiger charge is -2.14. The van der Waals surface area contributed by atoms with Crippen molar-refractivity contribution in [1.29, 1.82) is 0 Å². The van der Waals surface area contributed by atoms with Crippen LogP contribution in [0, 0.1) is 5.92 Å². The third kappa shape index (κ3) is 4.81. The van der Waals surface area contributed by atoms with Gasteiger partial charge in [-0.15, -0.1) is 0 Å². The van der Waals surface area contributed by atoms with Crippen LogP contribution in [0.15, 0.2) is 51.8 Å². The summed E-state index contributed by atoms with van der Waals surface area (Å²) in [6.45, 7) is 1.97. The van der Waals surface area contributed by atoms with Gasteiger partial charge in [0.25, 0.3) is 15.9 Å². The summed E-state index contributed by atoms with van der Waals surface area (Å²) in [5.74, 6) is 0.857. The van der Waals surface area contributed by atoms with Gasteiger partial charge in [-0.2, -0.15) is 0 Å². The van der Waals surface area contributed by atoms with Crippen LogP contribution in [0.4, 0.5) is 5.69 Å². The smallest absolute Gasteiger partial charge is 0.261 e. The van der Waals surface area contributed by atoms with Gasteiger partial charge >= 0.3 is 0 Å². The second-order valence-corrected chi connectivity index (χ2v) is 9.12. The molecule has 0 unspecified atom stereocenters. The molecule has 27 heavy (non-hydrogen) atoms. The van der Waals surface area contributed by atoms with Gasteiger partial charge in [-0.3, -0.25) is 9.52 Å². The molecule has 6 nitrogen and oxygen atoms in total. The van der Waals surface area contributed by atoms with Crippen molar-refractivity contribution in [2.24, 2.45) is 5.92 Å². The minimum absolute atomic E-state index is 0.0289. The fraction of sp³-hybridized carbons (Fsp3) is 0.316. The van der Waals surface area contributed by atoms with Crippen molar-refractivity contribution in [2.45, 2.75) is 30.7 Å². The standard InChI is InChI=1S/C19H21BrN2O4S/c1-12(13-6-7-13)21-19(23)14-4-3-5-16(10-14)27(24,25)22-15-8-9-18(26-2)17(20)11-15/h3-5,8-13,22H,6-7H2,1-2H3,(H,21,23)/t12-/m1/s1. The zero-order chi connectivity index (χ0) is 19.6. The quantitative estimate of drug-likeness (QED) is 0.668. The van der Waals surface area contributed by atoms with Gasteiger partial charge in [-0.25, -0.2) is 8.42 Å². The highest BCUT2D eigenvalue weighted by Gasteiger charge is 2.29. The monoisotopic (exact) mass is 452 g/mol. The fourth-order valence-electron chi connectivity index (χ4n) is 2.75. The molecule has 2 aromatic rings. The predicted molar refractivity (Wildman–Crippen MR) is 108 cm³/mol. The van der Waals surface area contributed by atoms with Crippen LogP contribution >= 0.6 is 15.9 Å². The summed E-state index contributed by atoms with van der Waals surface area (Å²) in [5, 5.41) is 2.93. The molecule has 0 aromatic heterocycles. The first-order chi connectivity index (χ1) is 12.8. The SMILES string of the molecule is COc1ccc(NS(=O)(=O)c2cccc(C(=O)N[C@H](C)C3CC3)c2)cc1Br. The Kier molecular flexibility index (Phi) is 5.76. The Labute approximate surface area is 167 Å². The second-order valence-electron chi connectivity index (χ2n) is 6.58. The number of anilines is 1. The predicted octanol–water partition coefficient (Wildman–Crippen LogP) is 3.79. The molecule has 1 fully saturated rings. The molecule has 2 aromatic carbocycles. The first kappa shape index (κ1) is 19.7. The van der Waals surface area contributed by atoms with Crippen molar-refractivity contribution in [1.82, 2.24) is 5.32 Å². The number of hydrogen-bond acceptors (Lipinski definition) is 4. The van der Waals surface area contributed by atoms with Gasteiger partial charge in [0.15, 0.2) is 0 Å². The van der Waals surface area contributed by atoms with Crippen molar-refractivity contribution in [3.63, 3.8) is 0 Å². The number of rotatable bonds is 7. The molecule has 1 aliphatic carbocycles. The molecule has 144 valence electrons. The first-order valence-corrected chi connectivity index (χ1v) is 10.8. The molecule has 1 saturated carbocycles. The summed E-state index contributed by atoms with van der Waals surface area (Å²) in [4.78, 5) is 12.4. The van der Waals surface area contributed by atoms with E-state index in [0.29, 0.717) is 27.4 Å². The number of hydrogen-bond donors (Lipinski definition) is 2. The molecule has 1 atom stereocenters. The largest absolute Gasteiger partial charge is 0.496 e. The minimum atomic E-state index is -3.83. The van der Waals surface area contributed by atoms with Crippen LogP contribution < -0.4 is 14.8 Å². The van der Waals surface area contributed by atoms with Crippen LogP contribution in [0.2, 0.25) is 0 Å². The third-order valence-electron chi connectivity index (χ3n) is 4.50. The number of amides is 1. The Morgan fingerprint density at radius 1 is 1.22 bits per heavy atom. The van der Waals surface area contributed by atoms with E-state index in [0.717, 1.165) is 12.8 Å². The van der Waals surface area contributed by atoms with E-state index >= 15 is 0 Å². The van der Waals surface area contributed by atoms with Gasteiger partial charge in [0, 0.05) is 11.6 Å². The van der Waals surface area contributed by atoms with E-state index in [-0.39, 0.29) is 16.8 Å². The zero-order valence-corrected chi connectivity index (χ0v) is 17.4. The summed E-state index contributed by atoms with van der Waals surface area (Å²) < 4.78 is 33.7. The fourth-order valence-corrected chi connectivity index (χ4v) is 4.39. The number of benzene rings is 2. The molecule has 0 radical (unpaired) electrons. The summed E-state index contributed by atoms with van der Waals surface area (Å²) in [6, 6.07) is 11.0. The van der Waals surface area contributed by atoms with Gasteiger partial charge in [0.1, 0.15) is 5.75 Å². The van der Waals surface area contributed by atoms with E-state index in [1.54, 1.807) is 30.3 Å². The highest BCUT2D eigenvalue weighted by molar-refractivity contribution is 9.10. The van der Waals surface area contributed by atoms with Gasteiger partial charge < -0.3 is 10.1 Å². The number of ether oxygens (including phenoxy) is 1. The number of carbonyl (C=O) groups is 1. The van der Waals surface area contributed by atoms with Crippen molar-refractivity contribution in [3.8, 4) is 5.75 Å². The Hall–Kier alpha value is -2.06. The highest BCUT2D eigenvalue weighted by atomic mass is 79.9. The van der Waals surface area contributed by atoms with Crippen LogP contribution in [-0.4, -0.2) is 27.5 Å². The van der Waals surface area contributed by atoms with Crippen LogP contribution in [0.5, 0.6) is 5.75 Å². The lowest BCUT2D eigenvalue weighted by atomic mass is 10.1. The Bertz CT molecular complexity index is 958. The third-order valence-corrected chi connectivity index (χ3v) is 6.50. The van der Waals surface area contributed by atoms with Gasteiger partial charge in [0.2, 0.25) is 0 Å². The lowest BCUT2D eigenvalue weighted by molar-refractivity contribution is 0.0935. The molecule has 1 amide bonds. The molecule has 8 heteroatoms. The molecule has 0 bridgehead atoms. The summed E-state index contributed by atoms with van der Waals surface area (Å²) in [7, 11) is -2.30. The molecular weight excluding hydrogens is 432 g/mol. The van der Waals surface area contributed by atoms with E-state index in [1.807, 2.05) is 6.92 Å². The van der Waals surface area contributed by atoms with Crippen LogP contribution in [-0.2, 0) is 10.0 Å². The topological polar surface area (TPSA) is 84.5 Å². The number of halogens is 1. The number of methoxy groups -OCH3 is 1. The number of sulfonamides is 1. The molecule has 2 N–H and O–H groups in total. The minimum Gasteiger partial charge on any atom is -0.496 e. The molecule has 0 aliphatic heterocycles. The first-order valence-electron chi connectivity index (χ1n) is 8.57. The van der Waals surface area contributed by atoms with Crippen molar-refractivity contribution < 1.29 is 17.9 Å². The van der Waals surface area contributed by atoms with Crippen molar-refractivity contribution >= 4 is 37.5 Å².